The van der Waals surface area contributed by atoms with Crippen LogP contribution in [0.15, 0.2) is 36.5 Å². The highest BCUT2D eigenvalue weighted by Crippen LogP contribution is 2.15. The van der Waals surface area contributed by atoms with E-state index in [1.165, 1.54) is 6.20 Å². The van der Waals surface area contributed by atoms with Crippen LogP contribution in [-0.4, -0.2) is 33.7 Å². The minimum Gasteiger partial charge on any atom is -0.481 e. The molecule has 2 aromatic rings. The van der Waals surface area contributed by atoms with E-state index in [1.807, 2.05) is 6.07 Å². The fraction of sp³-hybridized carbons (Fsp3) is 0.214. The Labute approximate surface area is 115 Å². The van der Waals surface area contributed by atoms with Crippen LogP contribution in [-0.2, 0) is 4.79 Å². The van der Waals surface area contributed by atoms with E-state index in [-0.39, 0.29) is 12.5 Å². The van der Waals surface area contributed by atoms with Crippen LogP contribution in [0.1, 0.15) is 27.5 Å². The van der Waals surface area contributed by atoms with Gasteiger partial charge in [-0.05, 0) is 12.5 Å². The first-order chi connectivity index (χ1) is 9.59. The Balaban J connectivity index is 2.06. The lowest BCUT2D eigenvalue weighted by Crippen LogP contribution is -2.31. The molecule has 6 nitrogen and oxygen atoms in total. The van der Waals surface area contributed by atoms with E-state index < -0.39 is 11.9 Å². The summed E-state index contributed by atoms with van der Waals surface area (Å²) in [6.45, 7) is 1.76. The number of nitrogens with one attached hydrogen (secondary N) is 2. The molecule has 3 N–H and O–H groups in total. The van der Waals surface area contributed by atoms with Crippen LogP contribution < -0.4 is 5.32 Å². The summed E-state index contributed by atoms with van der Waals surface area (Å²) in [5, 5.41) is 18.3. The van der Waals surface area contributed by atoms with Gasteiger partial charge in [0.15, 0.2) is 0 Å². The predicted molar refractivity (Wildman–Crippen MR) is 72.5 cm³/mol. The molecule has 1 amide bonds. The van der Waals surface area contributed by atoms with Crippen molar-refractivity contribution in [2.75, 3.05) is 6.54 Å². The van der Waals surface area contributed by atoms with Crippen LogP contribution in [0.2, 0.25) is 0 Å². The van der Waals surface area contributed by atoms with Gasteiger partial charge in [-0.25, -0.2) is 0 Å². The van der Waals surface area contributed by atoms with Gasteiger partial charge in [0.25, 0.3) is 5.91 Å². The number of H-pyrrole nitrogens is 1. The zero-order chi connectivity index (χ0) is 14.5. The molecule has 1 atom stereocenters. The van der Waals surface area contributed by atoms with Crippen molar-refractivity contribution < 1.29 is 14.7 Å². The molecule has 0 radical (unpaired) electrons. The molecule has 0 aliphatic rings. The topological polar surface area (TPSA) is 95.1 Å². The average Bonchev–Trinajstić information content (AvgIpc) is 2.86. The van der Waals surface area contributed by atoms with E-state index in [4.69, 9.17) is 0 Å². The summed E-state index contributed by atoms with van der Waals surface area (Å²) >= 11 is 0. The monoisotopic (exact) mass is 273 g/mol. The molecule has 0 aliphatic heterocycles. The lowest BCUT2D eigenvalue weighted by molar-refractivity contribution is -0.138. The SMILES string of the molecule is Cc1[nH]ncc1C(=O)NCC(C(=O)O)c1ccccc1. The third-order valence-corrected chi connectivity index (χ3v) is 3.04. The summed E-state index contributed by atoms with van der Waals surface area (Å²) in [6.07, 6.45) is 1.42. The van der Waals surface area contributed by atoms with Crippen molar-refractivity contribution in [1.29, 1.82) is 0 Å². The number of aromatic amines is 1. The molecule has 1 aromatic carbocycles. The lowest BCUT2D eigenvalue weighted by Gasteiger charge is -2.13. The summed E-state index contributed by atoms with van der Waals surface area (Å²) in [5.74, 6) is -2.08. The maximum absolute atomic E-state index is 11.9. The fourth-order valence-corrected chi connectivity index (χ4v) is 1.90. The normalized spacial score (nSPS) is 11.8. The number of carboxylic acid groups (broad SMARTS) is 1. The van der Waals surface area contributed by atoms with Crippen LogP contribution in [0.4, 0.5) is 0 Å². The largest absolute Gasteiger partial charge is 0.481 e. The Morgan fingerprint density at radius 1 is 1.35 bits per heavy atom. The zero-order valence-electron chi connectivity index (χ0n) is 11.0. The number of carbonyl (C=O) groups excluding carboxylic acids is 1. The van der Waals surface area contributed by atoms with Crippen LogP contribution in [0.5, 0.6) is 0 Å². The smallest absolute Gasteiger partial charge is 0.312 e. The van der Waals surface area contributed by atoms with Crippen LogP contribution in [0.3, 0.4) is 0 Å². The van der Waals surface area contributed by atoms with E-state index >= 15 is 0 Å². The molecule has 0 spiro atoms. The van der Waals surface area contributed by atoms with Gasteiger partial charge in [-0.15, -0.1) is 0 Å². The molecule has 2 rings (SSSR count). The molecule has 6 heteroatoms. The highest BCUT2D eigenvalue weighted by molar-refractivity contribution is 5.95. The number of hydrogen-bond acceptors (Lipinski definition) is 3. The standard InChI is InChI=1S/C14H15N3O3/c1-9-11(8-16-17-9)13(18)15-7-12(14(19)20)10-5-3-2-4-6-10/h2-6,8,12H,7H2,1H3,(H,15,18)(H,16,17)(H,19,20). The molecule has 0 bridgehead atoms. The summed E-state index contributed by atoms with van der Waals surface area (Å²) in [6, 6.07) is 8.82. The number of amides is 1. The van der Waals surface area contributed by atoms with Gasteiger partial charge in [0.2, 0.25) is 0 Å². The maximum Gasteiger partial charge on any atom is 0.312 e. The second-order valence-electron chi connectivity index (χ2n) is 4.42. The molecular weight excluding hydrogens is 258 g/mol. The molecule has 1 heterocycles. The predicted octanol–water partition coefficient (Wildman–Crippen LogP) is 1.32. The van der Waals surface area contributed by atoms with Crippen molar-refractivity contribution in [3.8, 4) is 0 Å². The van der Waals surface area contributed by atoms with E-state index in [0.717, 1.165) is 0 Å². The second kappa shape index (κ2) is 6.01. The average molecular weight is 273 g/mol. The first-order valence-electron chi connectivity index (χ1n) is 6.15. The molecule has 20 heavy (non-hydrogen) atoms. The number of aliphatic carboxylic acids is 1. The highest BCUT2D eigenvalue weighted by Gasteiger charge is 2.21. The Bertz CT molecular complexity index is 607. The van der Waals surface area contributed by atoms with Crippen LogP contribution in [0.25, 0.3) is 0 Å². The number of carbonyl (C=O) groups is 2. The van der Waals surface area contributed by atoms with Gasteiger partial charge < -0.3 is 10.4 Å². The summed E-state index contributed by atoms with van der Waals surface area (Å²) in [4.78, 5) is 23.2. The Morgan fingerprint density at radius 3 is 2.60 bits per heavy atom. The van der Waals surface area contributed by atoms with Gasteiger partial charge in [0, 0.05) is 12.2 Å². The molecule has 104 valence electrons. The van der Waals surface area contributed by atoms with Gasteiger partial charge in [0.05, 0.1) is 17.7 Å². The summed E-state index contributed by atoms with van der Waals surface area (Å²) in [5.41, 5.74) is 1.72. The number of hydrogen-bond donors (Lipinski definition) is 3. The Morgan fingerprint density at radius 2 is 2.05 bits per heavy atom. The van der Waals surface area contributed by atoms with Crippen molar-refractivity contribution in [3.05, 3.63) is 53.3 Å². The molecule has 0 fully saturated rings. The second-order valence-corrected chi connectivity index (χ2v) is 4.42. The first kappa shape index (κ1) is 13.8. The van der Waals surface area contributed by atoms with E-state index in [1.54, 1.807) is 31.2 Å². The number of aryl methyl sites for hydroxylation is 1. The van der Waals surface area contributed by atoms with Gasteiger partial charge in [-0.1, -0.05) is 30.3 Å². The summed E-state index contributed by atoms with van der Waals surface area (Å²) in [7, 11) is 0. The first-order valence-corrected chi connectivity index (χ1v) is 6.15. The van der Waals surface area contributed by atoms with Crippen molar-refractivity contribution in [1.82, 2.24) is 15.5 Å². The highest BCUT2D eigenvalue weighted by atomic mass is 16.4. The molecule has 0 saturated heterocycles. The van der Waals surface area contributed by atoms with Gasteiger partial charge in [0.1, 0.15) is 0 Å². The van der Waals surface area contributed by atoms with Crippen molar-refractivity contribution >= 4 is 11.9 Å². The fourth-order valence-electron chi connectivity index (χ4n) is 1.90. The summed E-state index contributed by atoms with van der Waals surface area (Å²) < 4.78 is 0. The quantitative estimate of drug-likeness (QED) is 0.765. The maximum atomic E-state index is 11.9. The zero-order valence-corrected chi connectivity index (χ0v) is 11.0. The Hall–Kier alpha value is -2.63. The molecular formula is C14H15N3O3. The van der Waals surface area contributed by atoms with Gasteiger partial charge >= 0.3 is 5.97 Å². The molecule has 0 aliphatic carbocycles. The van der Waals surface area contributed by atoms with Gasteiger partial charge in [-0.3, -0.25) is 14.7 Å². The van der Waals surface area contributed by atoms with E-state index in [0.29, 0.717) is 16.8 Å². The Kier molecular flexibility index (Phi) is 4.14. The molecule has 1 aromatic heterocycles. The number of rotatable bonds is 5. The van der Waals surface area contributed by atoms with Crippen LogP contribution in [0, 0.1) is 6.92 Å². The van der Waals surface area contributed by atoms with Gasteiger partial charge in [-0.2, -0.15) is 5.10 Å². The van der Waals surface area contributed by atoms with Crippen molar-refractivity contribution in [2.24, 2.45) is 0 Å². The minimum absolute atomic E-state index is 0.0306. The van der Waals surface area contributed by atoms with Crippen LogP contribution >= 0.6 is 0 Å². The van der Waals surface area contributed by atoms with E-state index in [9.17, 15) is 14.7 Å². The minimum atomic E-state index is -0.972. The van der Waals surface area contributed by atoms with Crippen molar-refractivity contribution in [3.63, 3.8) is 0 Å². The molecule has 0 saturated carbocycles. The lowest BCUT2D eigenvalue weighted by atomic mass is 9.99. The molecule has 1 unspecified atom stereocenters. The number of nitrogens with zero attached hydrogens (tertiary/aromatic N) is 1. The third kappa shape index (κ3) is 3.03. The number of aromatic nitrogens is 2. The van der Waals surface area contributed by atoms with Crippen molar-refractivity contribution in [2.45, 2.75) is 12.8 Å². The number of benzene rings is 1. The van der Waals surface area contributed by atoms with E-state index in [2.05, 4.69) is 15.5 Å². The third-order valence-electron chi connectivity index (χ3n) is 3.04. The number of carboxylic acids is 1.